The topological polar surface area (TPSA) is 53.6 Å². The lowest BCUT2D eigenvalue weighted by Crippen LogP contribution is -2.16. The molecule has 0 amide bonds. The molecular weight excluding hydrogens is 208 g/mol. The van der Waals surface area contributed by atoms with E-state index in [1.54, 1.807) is 17.7 Å². The van der Waals surface area contributed by atoms with E-state index < -0.39 is 0 Å². The van der Waals surface area contributed by atoms with E-state index >= 15 is 0 Å². The van der Waals surface area contributed by atoms with E-state index in [9.17, 15) is 0 Å². The Balaban J connectivity index is 1.67. The number of nitrogens with zero attached hydrogens (tertiary/aromatic N) is 2. The van der Waals surface area contributed by atoms with Crippen LogP contribution in [0.15, 0.2) is 17.9 Å². The summed E-state index contributed by atoms with van der Waals surface area (Å²) in [5.41, 5.74) is 2.29. The molecule has 2 rings (SSSR count). The molecule has 0 radical (unpaired) electrons. The molecule has 0 atom stereocenters. The smallest absolute Gasteiger partial charge is 0.0921 e. The minimum atomic E-state index is 0.846. The van der Waals surface area contributed by atoms with Gasteiger partial charge >= 0.3 is 0 Å². The van der Waals surface area contributed by atoms with Gasteiger partial charge in [0, 0.05) is 36.8 Å². The molecule has 4 nitrogen and oxygen atoms in total. The Labute approximate surface area is 92.8 Å². The fourth-order valence-electron chi connectivity index (χ4n) is 1.35. The Morgan fingerprint density at radius 3 is 3.13 bits per heavy atom. The van der Waals surface area contributed by atoms with Crippen LogP contribution < -0.4 is 5.32 Å². The Bertz CT molecular complexity index is 393. The predicted octanol–water partition coefficient (Wildman–Crippen LogP) is 1.51. The lowest BCUT2D eigenvalue weighted by molar-refractivity contribution is 0.671. The third-order valence-electron chi connectivity index (χ3n) is 2.10. The molecular formula is C10H14N4S. The fraction of sp³-hybridized carbons (Fsp3) is 0.400. The van der Waals surface area contributed by atoms with Crippen LogP contribution in [0.5, 0.6) is 0 Å². The zero-order chi connectivity index (χ0) is 10.5. The van der Waals surface area contributed by atoms with E-state index in [2.05, 4.69) is 25.6 Å². The monoisotopic (exact) mass is 222 g/mol. The summed E-state index contributed by atoms with van der Waals surface area (Å²) in [6.45, 7) is 3.82. The molecule has 0 aliphatic carbocycles. The van der Waals surface area contributed by atoms with E-state index in [0.717, 1.165) is 35.9 Å². The van der Waals surface area contributed by atoms with Crippen LogP contribution in [0.4, 0.5) is 0 Å². The third-order valence-corrected chi connectivity index (χ3v) is 2.92. The van der Waals surface area contributed by atoms with Gasteiger partial charge in [-0.3, -0.25) is 0 Å². The van der Waals surface area contributed by atoms with E-state index in [1.165, 1.54) is 0 Å². The summed E-state index contributed by atoms with van der Waals surface area (Å²) in [6.07, 6.45) is 4.54. The van der Waals surface area contributed by atoms with Crippen LogP contribution >= 0.6 is 11.3 Å². The predicted molar refractivity (Wildman–Crippen MR) is 60.8 cm³/mol. The van der Waals surface area contributed by atoms with Crippen LogP contribution in [0.25, 0.3) is 0 Å². The molecule has 0 unspecified atom stereocenters. The van der Waals surface area contributed by atoms with Crippen LogP contribution in [0, 0.1) is 6.92 Å². The molecule has 0 saturated heterocycles. The van der Waals surface area contributed by atoms with Crippen molar-refractivity contribution in [3.8, 4) is 0 Å². The van der Waals surface area contributed by atoms with E-state index in [-0.39, 0.29) is 0 Å². The summed E-state index contributed by atoms with van der Waals surface area (Å²) >= 11 is 1.69. The highest BCUT2D eigenvalue weighted by molar-refractivity contribution is 7.09. The van der Waals surface area contributed by atoms with Crippen LogP contribution in [0.2, 0.25) is 0 Å². The van der Waals surface area contributed by atoms with Crippen molar-refractivity contribution >= 4 is 11.3 Å². The highest BCUT2D eigenvalue weighted by Crippen LogP contribution is 2.07. The average Bonchev–Trinajstić information content (AvgIpc) is 2.84. The van der Waals surface area contributed by atoms with Gasteiger partial charge in [-0.1, -0.05) is 0 Å². The molecule has 2 heterocycles. The maximum atomic E-state index is 4.38. The van der Waals surface area contributed by atoms with Gasteiger partial charge in [-0.2, -0.15) is 0 Å². The van der Waals surface area contributed by atoms with Crippen LogP contribution in [-0.4, -0.2) is 21.5 Å². The highest BCUT2D eigenvalue weighted by atomic mass is 32.1. The van der Waals surface area contributed by atoms with E-state index in [0.29, 0.717) is 0 Å². The minimum Gasteiger partial charge on any atom is -0.348 e. The first kappa shape index (κ1) is 10.3. The lowest BCUT2D eigenvalue weighted by atomic mass is 10.3. The Hall–Kier alpha value is -1.20. The molecule has 0 spiro atoms. The first-order valence-electron chi connectivity index (χ1n) is 4.93. The quantitative estimate of drug-likeness (QED) is 0.754. The average molecular weight is 222 g/mol. The van der Waals surface area contributed by atoms with Crippen molar-refractivity contribution in [2.24, 2.45) is 0 Å². The summed E-state index contributed by atoms with van der Waals surface area (Å²) in [5.74, 6) is 0. The van der Waals surface area contributed by atoms with Gasteiger partial charge in [0.2, 0.25) is 0 Å². The Morgan fingerprint density at radius 1 is 1.53 bits per heavy atom. The molecule has 0 aliphatic heterocycles. The number of hydrogen-bond donors (Lipinski definition) is 2. The Morgan fingerprint density at radius 2 is 2.47 bits per heavy atom. The summed E-state index contributed by atoms with van der Waals surface area (Å²) in [5, 5.41) is 6.57. The summed E-state index contributed by atoms with van der Waals surface area (Å²) < 4.78 is 0. The molecule has 0 aliphatic rings. The number of aromatic amines is 1. The molecule has 0 aromatic carbocycles. The molecule has 0 bridgehead atoms. The zero-order valence-electron chi connectivity index (χ0n) is 8.66. The van der Waals surface area contributed by atoms with Gasteiger partial charge in [-0.05, 0) is 6.92 Å². The number of thiazole rings is 1. The standard InChI is InChI=1S/C10H14N4S/c1-8-14-10(6-15-8)5-11-3-2-9-4-12-7-13-9/h4,6-7,11H,2-3,5H2,1H3,(H,12,13). The molecule has 2 N–H and O–H groups in total. The zero-order valence-corrected chi connectivity index (χ0v) is 9.47. The second-order valence-electron chi connectivity index (χ2n) is 3.36. The highest BCUT2D eigenvalue weighted by Gasteiger charge is 1.97. The van der Waals surface area contributed by atoms with Gasteiger partial charge in [-0.15, -0.1) is 11.3 Å². The maximum Gasteiger partial charge on any atom is 0.0921 e. The fourth-order valence-corrected chi connectivity index (χ4v) is 1.96. The van der Waals surface area contributed by atoms with E-state index in [4.69, 9.17) is 0 Å². The van der Waals surface area contributed by atoms with Gasteiger partial charge in [-0.25, -0.2) is 9.97 Å². The van der Waals surface area contributed by atoms with Gasteiger partial charge in [0.1, 0.15) is 0 Å². The van der Waals surface area contributed by atoms with Crippen molar-refractivity contribution in [1.29, 1.82) is 0 Å². The number of H-pyrrole nitrogens is 1. The van der Waals surface area contributed by atoms with Crippen LogP contribution in [0.1, 0.15) is 16.4 Å². The normalized spacial score (nSPS) is 10.7. The van der Waals surface area contributed by atoms with Gasteiger partial charge in [0.15, 0.2) is 0 Å². The number of aromatic nitrogens is 3. The van der Waals surface area contributed by atoms with Crippen molar-refractivity contribution < 1.29 is 0 Å². The Kier molecular flexibility index (Phi) is 3.47. The summed E-state index contributed by atoms with van der Waals surface area (Å²) in [6, 6.07) is 0. The largest absolute Gasteiger partial charge is 0.348 e. The molecule has 80 valence electrons. The number of hydrogen-bond acceptors (Lipinski definition) is 4. The lowest BCUT2D eigenvalue weighted by Gasteiger charge is -2.00. The van der Waals surface area contributed by atoms with Crippen LogP contribution in [-0.2, 0) is 13.0 Å². The van der Waals surface area contributed by atoms with Gasteiger partial charge < -0.3 is 10.3 Å². The van der Waals surface area contributed by atoms with Crippen molar-refractivity contribution in [1.82, 2.24) is 20.3 Å². The van der Waals surface area contributed by atoms with Gasteiger partial charge in [0.05, 0.1) is 17.0 Å². The molecule has 5 heteroatoms. The molecule has 0 saturated carbocycles. The first-order chi connectivity index (χ1) is 7.34. The minimum absolute atomic E-state index is 0.846. The number of rotatable bonds is 5. The SMILES string of the molecule is Cc1nc(CNCCc2cnc[nH]2)cs1. The first-order valence-corrected chi connectivity index (χ1v) is 5.81. The molecule has 2 aromatic rings. The number of aryl methyl sites for hydroxylation is 1. The second kappa shape index (κ2) is 5.04. The third kappa shape index (κ3) is 3.14. The van der Waals surface area contributed by atoms with E-state index in [1.807, 2.05) is 13.1 Å². The summed E-state index contributed by atoms with van der Waals surface area (Å²) in [4.78, 5) is 11.4. The molecule has 2 aromatic heterocycles. The van der Waals surface area contributed by atoms with Crippen LogP contribution in [0.3, 0.4) is 0 Å². The van der Waals surface area contributed by atoms with Crippen molar-refractivity contribution in [2.45, 2.75) is 19.9 Å². The number of imidazole rings is 1. The summed E-state index contributed by atoms with van der Waals surface area (Å²) in [7, 11) is 0. The number of nitrogens with one attached hydrogen (secondary N) is 2. The van der Waals surface area contributed by atoms with Crippen molar-refractivity contribution in [3.05, 3.63) is 34.3 Å². The maximum absolute atomic E-state index is 4.38. The second-order valence-corrected chi connectivity index (χ2v) is 4.42. The van der Waals surface area contributed by atoms with Gasteiger partial charge in [0.25, 0.3) is 0 Å². The van der Waals surface area contributed by atoms with Crippen molar-refractivity contribution in [2.75, 3.05) is 6.54 Å². The van der Waals surface area contributed by atoms with Crippen molar-refractivity contribution in [3.63, 3.8) is 0 Å². The molecule has 15 heavy (non-hydrogen) atoms. The molecule has 0 fully saturated rings.